The summed E-state index contributed by atoms with van der Waals surface area (Å²) in [5.41, 5.74) is 0.838. The summed E-state index contributed by atoms with van der Waals surface area (Å²) in [7, 11) is 1.52. The summed E-state index contributed by atoms with van der Waals surface area (Å²) in [6, 6.07) is 2.96. The Hall–Kier alpha value is -2.21. The maximum atomic E-state index is 12.1. The van der Waals surface area contributed by atoms with Gasteiger partial charge in [-0.25, -0.2) is 4.79 Å². The number of amides is 3. The van der Waals surface area contributed by atoms with Crippen molar-refractivity contribution in [3.63, 3.8) is 0 Å². The first kappa shape index (κ1) is 18.1. The van der Waals surface area contributed by atoms with Crippen molar-refractivity contribution < 1.29 is 19.1 Å². The first-order valence-corrected chi connectivity index (χ1v) is 8.17. The van der Waals surface area contributed by atoms with Crippen molar-refractivity contribution in [2.75, 3.05) is 13.7 Å². The average Bonchev–Trinajstić information content (AvgIpc) is 2.82. The van der Waals surface area contributed by atoms with Gasteiger partial charge in [-0.1, -0.05) is 18.5 Å². The van der Waals surface area contributed by atoms with Crippen LogP contribution in [0.4, 0.5) is 4.79 Å². The van der Waals surface area contributed by atoms with E-state index in [0.29, 0.717) is 28.6 Å². The van der Waals surface area contributed by atoms with Gasteiger partial charge in [0.2, 0.25) is 0 Å². The second-order valence-electron chi connectivity index (χ2n) is 5.41. The van der Waals surface area contributed by atoms with Gasteiger partial charge in [0.05, 0.1) is 18.2 Å². The molecule has 3 amide bonds. The summed E-state index contributed by atoms with van der Waals surface area (Å²) in [6.45, 7) is 6.00. The van der Waals surface area contributed by atoms with Crippen LogP contribution >= 0.6 is 11.6 Å². The number of carbonyl (C=O) groups is 2. The Balaban J connectivity index is 2.36. The first-order valence-electron chi connectivity index (χ1n) is 7.79. The number of methoxy groups -OCH3 is 1. The molecule has 0 unspecified atom stereocenters. The Labute approximate surface area is 146 Å². The van der Waals surface area contributed by atoms with Crippen molar-refractivity contribution in [3.05, 3.63) is 28.4 Å². The first-order chi connectivity index (χ1) is 11.4. The number of nitrogens with one attached hydrogen (secondary N) is 1. The van der Waals surface area contributed by atoms with Crippen molar-refractivity contribution in [2.45, 2.75) is 33.3 Å². The van der Waals surface area contributed by atoms with Crippen LogP contribution in [0.3, 0.4) is 0 Å². The number of carbonyl (C=O) groups excluding carboxylic acids is 2. The molecule has 1 aliphatic heterocycles. The van der Waals surface area contributed by atoms with E-state index in [1.807, 2.05) is 13.8 Å². The number of likely N-dealkylation sites (N-methyl/N-ethyl adjacent to an activating group) is 1. The third-order valence-electron chi connectivity index (χ3n) is 3.74. The largest absolute Gasteiger partial charge is 0.493 e. The minimum Gasteiger partial charge on any atom is -0.493 e. The van der Waals surface area contributed by atoms with Crippen LogP contribution in [-0.2, 0) is 4.79 Å². The fraction of sp³-hybridized carbons (Fsp3) is 0.412. The molecule has 24 heavy (non-hydrogen) atoms. The van der Waals surface area contributed by atoms with Crippen LogP contribution in [0.15, 0.2) is 17.8 Å². The third-order valence-corrected chi connectivity index (χ3v) is 4.02. The maximum Gasteiger partial charge on any atom is 0.328 e. The number of hydrogen-bond acceptors (Lipinski definition) is 4. The van der Waals surface area contributed by atoms with E-state index in [9.17, 15) is 9.59 Å². The van der Waals surface area contributed by atoms with E-state index in [2.05, 4.69) is 5.32 Å². The van der Waals surface area contributed by atoms with Crippen LogP contribution in [0.5, 0.6) is 11.5 Å². The van der Waals surface area contributed by atoms with Gasteiger partial charge in [-0.3, -0.25) is 9.69 Å². The molecular weight excluding hydrogens is 332 g/mol. The summed E-state index contributed by atoms with van der Waals surface area (Å²) in [5.74, 6) is 0.573. The third kappa shape index (κ3) is 3.64. The molecule has 0 aliphatic carbocycles. The lowest BCUT2D eigenvalue weighted by atomic mass is 10.1. The van der Waals surface area contributed by atoms with Crippen molar-refractivity contribution in [1.82, 2.24) is 10.2 Å². The predicted octanol–water partition coefficient (Wildman–Crippen LogP) is 3.44. The number of nitrogens with zero attached hydrogens (tertiary/aromatic N) is 1. The van der Waals surface area contributed by atoms with E-state index in [0.717, 1.165) is 11.3 Å². The average molecular weight is 353 g/mol. The molecule has 0 saturated carbocycles. The molecule has 0 radical (unpaired) electrons. The summed E-state index contributed by atoms with van der Waals surface area (Å²) in [4.78, 5) is 25.0. The van der Waals surface area contributed by atoms with E-state index in [4.69, 9.17) is 21.1 Å². The lowest BCUT2D eigenvalue weighted by Crippen LogP contribution is -2.30. The van der Waals surface area contributed by atoms with E-state index in [1.54, 1.807) is 25.1 Å². The van der Waals surface area contributed by atoms with Crippen LogP contribution in [0.25, 0.3) is 6.08 Å². The molecule has 0 bridgehead atoms. The number of urea groups is 1. The lowest BCUT2D eigenvalue weighted by molar-refractivity contribution is -0.122. The number of rotatable bonds is 6. The standard InChI is InChI=1S/C17H21ClN2O4/c1-5-10(3)24-15-12(18)7-11(9-14(15)23-4)8-13-16(21)20(6-2)17(22)19-13/h7-10H,5-6H2,1-4H3,(H,19,22)/b13-8+/t10-/m1/s1. The zero-order valence-electron chi connectivity index (χ0n) is 14.2. The molecule has 1 aromatic rings. The molecule has 1 fully saturated rings. The van der Waals surface area contributed by atoms with Crippen LogP contribution in [0, 0.1) is 0 Å². The molecule has 1 saturated heterocycles. The van der Waals surface area contributed by atoms with Gasteiger partial charge in [0.25, 0.3) is 5.91 Å². The smallest absolute Gasteiger partial charge is 0.328 e. The summed E-state index contributed by atoms with van der Waals surface area (Å²) >= 11 is 6.30. The Morgan fingerprint density at radius 3 is 2.58 bits per heavy atom. The van der Waals surface area contributed by atoms with Gasteiger partial charge in [-0.15, -0.1) is 0 Å². The molecular formula is C17H21ClN2O4. The Kier molecular flexibility index (Phi) is 5.72. The second kappa shape index (κ2) is 7.57. The maximum absolute atomic E-state index is 12.1. The zero-order chi connectivity index (χ0) is 17.9. The molecule has 1 aromatic carbocycles. The minimum atomic E-state index is -0.427. The zero-order valence-corrected chi connectivity index (χ0v) is 14.9. The van der Waals surface area contributed by atoms with Gasteiger partial charge in [-0.2, -0.15) is 0 Å². The SMILES string of the molecule is CC[C@@H](C)Oc1c(Cl)cc(/C=C2/NC(=O)N(CC)C2=O)cc1OC. The molecule has 2 rings (SSSR count). The number of ether oxygens (including phenoxy) is 2. The topological polar surface area (TPSA) is 67.9 Å². The number of imide groups is 1. The van der Waals surface area contributed by atoms with Crippen molar-refractivity contribution >= 4 is 29.6 Å². The highest BCUT2D eigenvalue weighted by molar-refractivity contribution is 6.32. The van der Waals surface area contributed by atoms with Crippen molar-refractivity contribution in [1.29, 1.82) is 0 Å². The number of halogens is 1. The molecule has 7 heteroatoms. The van der Waals surface area contributed by atoms with E-state index in [-0.39, 0.29) is 17.7 Å². The van der Waals surface area contributed by atoms with Crippen LogP contribution in [0.1, 0.15) is 32.8 Å². The normalized spacial score (nSPS) is 17.2. The van der Waals surface area contributed by atoms with Crippen molar-refractivity contribution in [3.8, 4) is 11.5 Å². The highest BCUT2D eigenvalue weighted by Crippen LogP contribution is 2.38. The van der Waals surface area contributed by atoms with Gasteiger partial charge < -0.3 is 14.8 Å². The minimum absolute atomic E-state index is 0.00517. The van der Waals surface area contributed by atoms with Crippen molar-refractivity contribution in [2.24, 2.45) is 0 Å². The van der Waals surface area contributed by atoms with Crippen LogP contribution in [0.2, 0.25) is 5.02 Å². The van der Waals surface area contributed by atoms with E-state index in [1.165, 1.54) is 7.11 Å². The molecule has 1 atom stereocenters. The number of hydrogen-bond donors (Lipinski definition) is 1. The summed E-state index contributed by atoms with van der Waals surface area (Å²) < 4.78 is 11.1. The highest BCUT2D eigenvalue weighted by Gasteiger charge is 2.32. The summed E-state index contributed by atoms with van der Waals surface area (Å²) in [5, 5.41) is 2.93. The molecule has 0 aromatic heterocycles. The Morgan fingerprint density at radius 1 is 1.33 bits per heavy atom. The van der Waals surface area contributed by atoms with E-state index >= 15 is 0 Å². The number of benzene rings is 1. The predicted molar refractivity (Wildman–Crippen MR) is 92.3 cm³/mol. The van der Waals surface area contributed by atoms with Crippen LogP contribution in [-0.4, -0.2) is 36.6 Å². The molecule has 1 aliphatic rings. The molecule has 1 N–H and O–H groups in total. The van der Waals surface area contributed by atoms with Gasteiger partial charge in [0.15, 0.2) is 11.5 Å². The van der Waals surface area contributed by atoms with Gasteiger partial charge >= 0.3 is 6.03 Å². The highest BCUT2D eigenvalue weighted by atomic mass is 35.5. The monoisotopic (exact) mass is 352 g/mol. The summed E-state index contributed by atoms with van der Waals surface area (Å²) in [6.07, 6.45) is 2.39. The second-order valence-corrected chi connectivity index (χ2v) is 5.82. The van der Waals surface area contributed by atoms with Crippen LogP contribution < -0.4 is 14.8 Å². The van der Waals surface area contributed by atoms with Gasteiger partial charge in [-0.05, 0) is 44.0 Å². The van der Waals surface area contributed by atoms with Gasteiger partial charge in [0, 0.05) is 6.54 Å². The molecule has 6 nitrogen and oxygen atoms in total. The fourth-order valence-corrected chi connectivity index (χ4v) is 2.51. The quantitative estimate of drug-likeness (QED) is 0.629. The van der Waals surface area contributed by atoms with Gasteiger partial charge in [0.1, 0.15) is 5.70 Å². The molecule has 0 spiro atoms. The Morgan fingerprint density at radius 2 is 2.04 bits per heavy atom. The molecule has 1 heterocycles. The molecule has 130 valence electrons. The lowest BCUT2D eigenvalue weighted by Gasteiger charge is -2.17. The van der Waals surface area contributed by atoms with E-state index < -0.39 is 6.03 Å². The fourth-order valence-electron chi connectivity index (χ4n) is 2.25. The Bertz CT molecular complexity index is 687.